The van der Waals surface area contributed by atoms with E-state index in [0.717, 1.165) is 5.56 Å². The molecule has 0 aliphatic carbocycles. The fraction of sp³-hybridized carbons (Fsp3) is 0.286. The minimum Gasteiger partial charge on any atom is -0.480 e. The van der Waals surface area contributed by atoms with Gasteiger partial charge in [0.2, 0.25) is 5.91 Å². The van der Waals surface area contributed by atoms with Gasteiger partial charge in [0.05, 0.1) is 0 Å². The monoisotopic (exact) mass is 313 g/mol. The first-order valence-corrected chi connectivity index (χ1v) is 7.76. The summed E-state index contributed by atoms with van der Waals surface area (Å²) < 4.78 is 0. The molecule has 6 heteroatoms. The van der Waals surface area contributed by atoms with Crippen molar-refractivity contribution in [3.63, 3.8) is 0 Å². The number of carbonyl (C=O) groups is 2. The fourth-order valence-electron chi connectivity index (χ4n) is 1.50. The molecule has 1 rings (SSSR count). The lowest BCUT2D eigenvalue weighted by molar-refractivity contribution is -0.141. The molecule has 1 amide bonds. The minimum absolute atomic E-state index is 0.396. The summed E-state index contributed by atoms with van der Waals surface area (Å²) in [5.74, 6) is -0.781. The summed E-state index contributed by atoms with van der Waals surface area (Å²) in [6.45, 7) is 0. The maximum Gasteiger partial charge on any atom is 0.326 e. The summed E-state index contributed by atoms with van der Waals surface area (Å²) in [7, 11) is 0. The van der Waals surface area contributed by atoms with Crippen LogP contribution in [0, 0.1) is 0 Å². The third-order valence-corrected chi connectivity index (χ3v) is 3.38. The Morgan fingerprint density at radius 3 is 2.85 bits per heavy atom. The molecule has 108 valence electrons. The van der Waals surface area contributed by atoms with Crippen LogP contribution in [0.3, 0.4) is 0 Å². The van der Waals surface area contributed by atoms with Gasteiger partial charge in [0.25, 0.3) is 0 Å². The van der Waals surface area contributed by atoms with Crippen LogP contribution in [0.25, 0.3) is 6.08 Å². The van der Waals surface area contributed by atoms with Crippen molar-refractivity contribution in [2.24, 2.45) is 0 Å². The minimum atomic E-state index is -1.02. The number of halogens is 1. The Kier molecular flexibility index (Phi) is 7.18. The van der Waals surface area contributed by atoms with E-state index in [4.69, 9.17) is 16.7 Å². The van der Waals surface area contributed by atoms with Crippen LogP contribution in [0.5, 0.6) is 0 Å². The van der Waals surface area contributed by atoms with Crippen molar-refractivity contribution in [3.8, 4) is 0 Å². The number of carboxylic acids is 1. The van der Waals surface area contributed by atoms with E-state index in [2.05, 4.69) is 5.32 Å². The van der Waals surface area contributed by atoms with Crippen molar-refractivity contribution >= 4 is 41.3 Å². The van der Waals surface area contributed by atoms with Crippen LogP contribution in [0.1, 0.15) is 12.0 Å². The molecule has 1 aromatic carbocycles. The van der Waals surface area contributed by atoms with Gasteiger partial charge in [-0.25, -0.2) is 4.79 Å². The summed E-state index contributed by atoms with van der Waals surface area (Å²) in [4.78, 5) is 22.7. The molecule has 0 saturated heterocycles. The quantitative estimate of drug-likeness (QED) is 0.760. The maximum absolute atomic E-state index is 11.7. The number of rotatable bonds is 7. The molecule has 1 atom stereocenters. The van der Waals surface area contributed by atoms with E-state index in [1.54, 1.807) is 30.3 Å². The highest BCUT2D eigenvalue weighted by Crippen LogP contribution is 2.11. The smallest absolute Gasteiger partial charge is 0.326 e. The van der Waals surface area contributed by atoms with Crippen LogP contribution in [-0.2, 0) is 9.59 Å². The van der Waals surface area contributed by atoms with Crippen LogP contribution in [0.15, 0.2) is 30.3 Å². The molecular weight excluding hydrogens is 298 g/mol. The van der Waals surface area contributed by atoms with Crippen LogP contribution < -0.4 is 5.32 Å². The number of nitrogens with one attached hydrogen (secondary N) is 1. The Morgan fingerprint density at radius 2 is 2.25 bits per heavy atom. The van der Waals surface area contributed by atoms with Crippen molar-refractivity contribution in [1.82, 2.24) is 5.32 Å². The second kappa shape index (κ2) is 8.66. The molecule has 0 spiro atoms. The number of amides is 1. The zero-order valence-corrected chi connectivity index (χ0v) is 12.6. The van der Waals surface area contributed by atoms with Gasteiger partial charge in [-0.1, -0.05) is 23.7 Å². The zero-order chi connectivity index (χ0) is 15.0. The van der Waals surface area contributed by atoms with Gasteiger partial charge in [-0.05, 0) is 42.2 Å². The van der Waals surface area contributed by atoms with Gasteiger partial charge in [0.15, 0.2) is 0 Å². The molecule has 0 aliphatic heterocycles. The normalized spacial score (nSPS) is 12.3. The standard InChI is InChI=1S/C14H16ClNO3S/c1-20-8-7-12(14(18)19)16-13(17)6-5-10-3-2-4-11(15)9-10/h2-6,9,12H,7-8H2,1H3,(H,16,17)(H,18,19)/b6-5+/t12-/m0/s1. The zero-order valence-electron chi connectivity index (χ0n) is 11.0. The first-order chi connectivity index (χ1) is 9.52. The molecule has 0 aromatic heterocycles. The third kappa shape index (κ3) is 6.12. The molecule has 0 heterocycles. The highest BCUT2D eigenvalue weighted by Gasteiger charge is 2.17. The second-order valence-corrected chi connectivity index (χ2v) is 5.49. The van der Waals surface area contributed by atoms with Gasteiger partial charge >= 0.3 is 5.97 Å². The van der Waals surface area contributed by atoms with Crippen LogP contribution >= 0.6 is 23.4 Å². The number of hydrogen-bond acceptors (Lipinski definition) is 3. The van der Waals surface area contributed by atoms with E-state index in [1.165, 1.54) is 17.8 Å². The fourth-order valence-corrected chi connectivity index (χ4v) is 2.17. The number of carbonyl (C=O) groups excluding carboxylic acids is 1. The van der Waals surface area contributed by atoms with Gasteiger partial charge in [0.1, 0.15) is 6.04 Å². The van der Waals surface area contributed by atoms with E-state index < -0.39 is 17.9 Å². The Labute approximate surface area is 127 Å². The average Bonchev–Trinajstić information content (AvgIpc) is 2.41. The van der Waals surface area contributed by atoms with Gasteiger partial charge in [-0.15, -0.1) is 0 Å². The molecular formula is C14H16ClNO3S. The van der Waals surface area contributed by atoms with Crippen LogP contribution in [-0.4, -0.2) is 35.0 Å². The number of benzene rings is 1. The molecule has 2 N–H and O–H groups in total. The number of hydrogen-bond donors (Lipinski definition) is 2. The summed E-state index contributed by atoms with van der Waals surface area (Å²) in [5.41, 5.74) is 0.781. The summed E-state index contributed by atoms with van der Waals surface area (Å²) in [5, 5.41) is 12.0. The molecule has 20 heavy (non-hydrogen) atoms. The first kappa shape index (κ1) is 16.6. The predicted molar refractivity (Wildman–Crippen MR) is 83.1 cm³/mol. The lowest BCUT2D eigenvalue weighted by Gasteiger charge is -2.12. The van der Waals surface area contributed by atoms with Gasteiger partial charge in [-0.2, -0.15) is 11.8 Å². The Balaban J connectivity index is 2.59. The Morgan fingerprint density at radius 1 is 1.50 bits per heavy atom. The first-order valence-electron chi connectivity index (χ1n) is 5.99. The van der Waals surface area contributed by atoms with Crippen LogP contribution in [0.2, 0.25) is 5.02 Å². The molecule has 0 radical (unpaired) electrons. The van der Waals surface area contributed by atoms with Crippen molar-refractivity contribution in [1.29, 1.82) is 0 Å². The van der Waals surface area contributed by atoms with E-state index in [9.17, 15) is 9.59 Å². The number of aliphatic carboxylic acids is 1. The molecule has 0 aliphatic rings. The largest absolute Gasteiger partial charge is 0.480 e. The number of thioether (sulfide) groups is 1. The summed E-state index contributed by atoms with van der Waals surface area (Å²) >= 11 is 7.37. The average molecular weight is 314 g/mol. The number of carboxylic acid groups (broad SMARTS) is 1. The third-order valence-electron chi connectivity index (χ3n) is 2.50. The van der Waals surface area contributed by atoms with Crippen molar-refractivity contribution in [2.75, 3.05) is 12.0 Å². The van der Waals surface area contributed by atoms with Gasteiger partial charge in [-0.3, -0.25) is 4.79 Å². The van der Waals surface area contributed by atoms with Crippen molar-refractivity contribution in [2.45, 2.75) is 12.5 Å². The van der Waals surface area contributed by atoms with Crippen molar-refractivity contribution < 1.29 is 14.7 Å². The lowest BCUT2D eigenvalue weighted by atomic mass is 10.2. The molecule has 4 nitrogen and oxygen atoms in total. The molecule has 0 unspecified atom stereocenters. The molecule has 0 fully saturated rings. The SMILES string of the molecule is CSCC[C@H](NC(=O)/C=C/c1cccc(Cl)c1)C(=O)O. The lowest BCUT2D eigenvalue weighted by Crippen LogP contribution is -2.40. The highest BCUT2D eigenvalue weighted by molar-refractivity contribution is 7.98. The van der Waals surface area contributed by atoms with E-state index in [1.807, 2.05) is 6.26 Å². The molecule has 0 saturated carbocycles. The van der Waals surface area contributed by atoms with Crippen LogP contribution in [0.4, 0.5) is 0 Å². The summed E-state index contributed by atoms with van der Waals surface area (Å²) in [6, 6.07) is 6.17. The Bertz CT molecular complexity index is 505. The van der Waals surface area contributed by atoms with Crippen molar-refractivity contribution in [3.05, 3.63) is 40.9 Å². The van der Waals surface area contributed by atoms with Gasteiger partial charge < -0.3 is 10.4 Å². The van der Waals surface area contributed by atoms with E-state index in [-0.39, 0.29) is 0 Å². The summed E-state index contributed by atoms with van der Waals surface area (Å²) in [6.07, 6.45) is 5.18. The van der Waals surface area contributed by atoms with E-state index >= 15 is 0 Å². The molecule has 0 bridgehead atoms. The second-order valence-electron chi connectivity index (χ2n) is 4.07. The molecule has 1 aromatic rings. The topological polar surface area (TPSA) is 66.4 Å². The predicted octanol–water partition coefficient (Wildman–Crippen LogP) is 2.68. The van der Waals surface area contributed by atoms with Gasteiger partial charge in [0, 0.05) is 11.1 Å². The Hall–Kier alpha value is -1.46. The highest BCUT2D eigenvalue weighted by atomic mass is 35.5. The maximum atomic E-state index is 11.7. The van der Waals surface area contributed by atoms with E-state index in [0.29, 0.717) is 17.2 Å².